The molecule has 0 aromatic carbocycles. The highest BCUT2D eigenvalue weighted by Crippen LogP contribution is 2.28. The van der Waals surface area contributed by atoms with E-state index in [2.05, 4.69) is 27.7 Å². The van der Waals surface area contributed by atoms with Crippen LogP contribution in [0.4, 0.5) is 0 Å². The van der Waals surface area contributed by atoms with E-state index in [-0.39, 0.29) is 5.79 Å². The summed E-state index contributed by atoms with van der Waals surface area (Å²) in [5.41, 5.74) is 0. The molecule has 0 aliphatic rings. The van der Waals surface area contributed by atoms with Gasteiger partial charge in [-0.05, 0) is 24.7 Å². The van der Waals surface area contributed by atoms with Gasteiger partial charge < -0.3 is 9.47 Å². The fourth-order valence-electron chi connectivity index (χ4n) is 6.99. The smallest absolute Gasteiger partial charge is 0.167 e. The predicted octanol–water partition coefficient (Wildman–Crippen LogP) is 14.8. The van der Waals surface area contributed by atoms with E-state index < -0.39 is 0 Å². The van der Waals surface area contributed by atoms with Crippen LogP contribution in [0.1, 0.15) is 233 Å². The molecule has 0 aliphatic heterocycles. The summed E-state index contributed by atoms with van der Waals surface area (Å²) in [5.74, 6) is 1.50. The van der Waals surface area contributed by atoms with Gasteiger partial charge in [0.25, 0.3) is 0 Å². The van der Waals surface area contributed by atoms with Crippen molar-refractivity contribution in [1.82, 2.24) is 0 Å². The van der Waals surface area contributed by atoms with Gasteiger partial charge in [-0.25, -0.2) is 0 Å². The summed E-state index contributed by atoms with van der Waals surface area (Å²) in [6.07, 6.45) is 44.3. The Bertz CT molecular complexity index is 472. The molecule has 0 aliphatic carbocycles. The molecule has 0 heterocycles. The molecule has 0 radical (unpaired) electrons. The van der Waals surface area contributed by atoms with E-state index in [1.54, 1.807) is 0 Å². The van der Waals surface area contributed by atoms with E-state index >= 15 is 0 Å². The minimum absolute atomic E-state index is 0.350. The van der Waals surface area contributed by atoms with Crippen molar-refractivity contribution in [1.29, 1.82) is 0 Å². The normalized spacial score (nSPS) is 13.5. The van der Waals surface area contributed by atoms with Crippen LogP contribution in [-0.4, -0.2) is 20.0 Å². The molecule has 0 fully saturated rings. The molecule has 0 rings (SSSR count). The molecule has 0 spiro atoms. The van der Waals surface area contributed by atoms with Gasteiger partial charge in [-0.2, -0.15) is 0 Å². The number of ether oxygens (including phenoxy) is 2. The highest BCUT2D eigenvalue weighted by atomic mass is 16.7. The zero-order valence-corrected chi connectivity index (χ0v) is 31.1. The first-order valence-corrected chi connectivity index (χ1v) is 20.1. The van der Waals surface area contributed by atoms with Crippen LogP contribution in [-0.2, 0) is 9.47 Å². The van der Waals surface area contributed by atoms with Gasteiger partial charge in [0.15, 0.2) is 5.79 Å². The van der Waals surface area contributed by atoms with Gasteiger partial charge in [-0.15, -0.1) is 0 Å². The van der Waals surface area contributed by atoms with Crippen molar-refractivity contribution in [2.45, 2.75) is 239 Å². The maximum atomic E-state index is 5.94. The number of hydrogen-bond donors (Lipinski definition) is 0. The third kappa shape index (κ3) is 29.1. The Kier molecular flexibility index (Phi) is 33.2. The lowest BCUT2D eigenvalue weighted by Gasteiger charge is -2.31. The second-order valence-corrected chi connectivity index (χ2v) is 14.7. The summed E-state index contributed by atoms with van der Waals surface area (Å²) in [4.78, 5) is 0. The van der Waals surface area contributed by atoms with Crippen LogP contribution in [0.3, 0.4) is 0 Å². The van der Waals surface area contributed by atoms with E-state index in [9.17, 15) is 0 Å². The fraction of sp³-hybridized carbons (Fsp3) is 1.00. The maximum Gasteiger partial charge on any atom is 0.167 e. The first kappa shape index (κ1) is 42.9. The van der Waals surface area contributed by atoms with Crippen LogP contribution in [0.15, 0.2) is 0 Å². The lowest BCUT2D eigenvalue weighted by atomic mass is 9.95. The Hall–Kier alpha value is -0.0800. The van der Waals surface area contributed by atoms with Crippen molar-refractivity contribution in [3.63, 3.8) is 0 Å². The van der Waals surface area contributed by atoms with Gasteiger partial charge in [-0.1, -0.05) is 207 Å². The van der Waals surface area contributed by atoms with E-state index in [4.69, 9.17) is 9.47 Å². The molecule has 0 aromatic rings. The molecule has 43 heavy (non-hydrogen) atoms. The molecular formula is C41H84O2. The lowest BCUT2D eigenvalue weighted by Crippen LogP contribution is -2.33. The molecule has 0 bridgehead atoms. The van der Waals surface area contributed by atoms with Crippen molar-refractivity contribution in [2.24, 2.45) is 11.8 Å². The minimum atomic E-state index is -0.350. The molecule has 2 atom stereocenters. The van der Waals surface area contributed by atoms with Gasteiger partial charge >= 0.3 is 0 Å². The number of hydrogen-bond acceptors (Lipinski definition) is 2. The van der Waals surface area contributed by atoms with Crippen molar-refractivity contribution in [2.75, 3.05) is 14.2 Å². The average molecular weight is 609 g/mol. The largest absolute Gasteiger partial charge is 0.353 e. The lowest BCUT2D eigenvalue weighted by molar-refractivity contribution is -0.216. The molecule has 260 valence electrons. The van der Waals surface area contributed by atoms with Gasteiger partial charge in [0.05, 0.1) is 0 Å². The number of rotatable bonds is 36. The van der Waals surface area contributed by atoms with Crippen LogP contribution in [0, 0.1) is 11.8 Å². The highest BCUT2D eigenvalue weighted by molar-refractivity contribution is 4.70. The Labute approximate surface area is 274 Å². The standard InChI is InChI=1S/C41H84O2/c1-7-9-11-13-15-21-27-33-39(3)35-29-23-17-19-25-31-37-41(42-5,43-6)38-32-26-20-18-24-30-36-40(4)34-28-22-16-14-12-10-8-2/h39-40H,7-38H2,1-6H3. The first-order valence-electron chi connectivity index (χ1n) is 20.1. The molecule has 0 amide bonds. The molecule has 2 heteroatoms. The quantitative estimate of drug-likeness (QED) is 0.0520. The van der Waals surface area contributed by atoms with Crippen LogP contribution >= 0.6 is 0 Å². The third-order valence-electron chi connectivity index (χ3n) is 10.4. The zero-order valence-electron chi connectivity index (χ0n) is 31.1. The SMILES string of the molecule is CCCCCCCCCC(C)CCCCCCCCC(CCCCCCCCC(C)CCCCCCCCC)(OC)OC. The zero-order chi connectivity index (χ0) is 31.7. The summed E-state index contributed by atoms with van der Waals surface area (Å²) in [6.45, 7) is 9.56. The summed E-state index contributed by atoms with van der Waals surface area (Å²) in [7, 11) is 3.70. The van der Waals surface area contributed by atoms with E-state index in [0.29, 0.717) is 0 Å². The second-order valence-electron chi connectivity index (χ2n) is 14.7. The van der Waals surface area contributed by atoms with Crippen LogP contribution in [0.2, 0.25) is 0 Å². The van der Waals surface area contributed by atoms with E-state index in [1.807, 2.05) is 14.2 Å². The summed E-state index contributed by atoms with van der Waals surface area (Å²) in [5, 5.41) is 0. The monoisotopic (exact) mass is 609 g/mol. The summed E-state index contributed by atoms with van der Waals surface area (Å²) in [6, 6.07) is 0. The number of methoxy groups -OCH3 is 2. The Morgan fingerprint density at radius 3 is 0.837 bits per heavy atom. The van der Waals surface area contributed by atoms with Crippen molar-refractivity contribution >= 4 is 0 Å². The second kappa shape index (κ2) is 33.3. The molecule has 0 aromatic heterocycles. The van der Waals surface area contributed by atoms with Gasteiger partial charge in [0.2, 0.25) is 0 Å². The van der Waals surface area contributed by atoms with Crippen LogP contribution < -0.4 is 0 Å². The Morgan fingerprint density at radius 1 is 0.349 bits per heavy atom. The fourth-order valence-corrected chi connectivity index (χ4v) is 6.99. The molecule has 0 saturated heterocycles. The van der Waals surface area contributed by atoms with Crippen molar-refractivity contribution in [3.05, 3.63) is 0 Å². The van der Waals surface area contributed by atoms with Crippen molar-refractivity contribution < 1.29 is 9.47 Å². The van der Waals surface area contributed by atoms with E-state index in [0.717, 1.165) is 24.7 Å². The summed E-state index contributed by atoms with van der Waals surface area (Å²) < 4.78 is 11.9. The maximum absolute atomic E-state index is 5.94. The Balaban J connectivity index is 3.66. The topological polar surface area (TPSA) is 18.5 Å². The molecule has 0 saturated carbocycles. The van der Waals surface area contributed by atoms with Crippen molar-refractivity contribution in [3.8, 4) is 0 Å². The van der Waals surface area contributed by atoms with Gasteiger partial charge in [-0.3, -0.25) is 0 Å². The average Bonchev–Trinajstić information content (AvgIpc) is 3.01. The van der Waals surface area contributed by atoms with Gasteiger partial charge in [0.1, 0.15) is 0 Å². The Morgan fingerprint density at radius 2 is 0.581 bits per heavy atom. The third-order valence-corrected chi connectivity index (χ3v) is 10.4. The van der Waals surface area contributed by atoms with Gasteiger partial charge in [0, 0.05) is 27.1 Å². The minimum Gasteiger partial charge on any atom is -0.353 e. The molecule has 2 unspecified atom stereocenters. The highest BCUT2D eigenvalue weighted by Gasteiger charge is 2.28. The molecule has 0 N–H and O–H groups in total. The van der Waals surface area contributed by atoms with Crippen LogP contribution in [0.5, 0.6) is 0 Å². The predicted molar refractivity (Wildman–Crippen MR) is 194 cm³/mol. The summed E-state index contributed by atoms with van der Waals surface area (Å²) >= 11 is 0. The molecule has 2 nitrogen and oxygen atoms in total. The van der Waals surface area contributed by atoms with E-state index in [1.165, 1.54) is 193 Å². The number of unbranched alkanes of at least 4 members (excludes halogenated alkanes) is 22. The molecular weight excluding hydrogens is 524 g/mol. The first-order chi connectivity index (χ1) is 21.0. The van der Waals surface area contributed by atoms with Crippen LogP contribution in [0.25, 0.3) is 0 Å².